The van der Waals surface area contributed by atoms with Gasteiger partial charge in [-0.3, -0.25) is 0 Å². The van der Waals surface area contributed by atoms with Gasteiger partial charge < -0.3 is 4.79 Å². The predicted molar refractivity (Wildman–Crippen MR) is 80.4 cm³/mol. The molecule has 1 heteroatoms. The molecule has 2 rings (SSSR count). The predicted octanol–water partition coefficient (Wildman–Crippen LogP) is 4.89. The Morgan fingerprint density at radius 1 is 1.11 bits per heavy atom. The van der Waals surface area contributed by atoms with Crippen molar-refractivity contribution in [3.8, 4) is 0 Å². The average Bonchev–Trinajstić information content (AvgIpc) is 2.47. The van der Waals surface area contributed by atoms with Gasteiger partial charge in [0.05, 0.1) is 0 Å². The van der Waals surface area contributed by atoms with Crippen LogP contribution < -0.4 is 0 Å². The van der Waals surface area contributed by atoms with E-state index in [0.29, 0.717) is 5.92 Å². The first kappa shape index (κ1) is 14.3. The molecule has 0 radical (unpaired) electrons. The lowest BCUT2D eigenvalue weighted by Gasteiger charge is -2.27. The summed E-state index contributed by atoms with van der Waals surface area (Å²) in [5.41, 5.74) is 2.98. The molecule has 1 saturated carbocycles. The third kappa shape index (κ3) is 4.19. The van der Waals surface area contributed by atoms with Crippen LogP contribution in [0.15, 0.2) is 24.3 Å². The highest BCUT2D eigenvalue weighted by molar-refractivity contribution is 5.49. The first-order chi connectivity index (χ1) is 9.33. The van der Waals surface area contributed by atoms with Crippen molar-refractivity contribution < 1.29 is 4.79 Å². The molecule has 1 aromatic rings. The van der Waals surface area contributed by atoms with Crippen LogP contribution in [0.4, 0.5) is 0 Å². The number of benzene rings is 1. The Bertz CT molecular complexity index is 371. The van der Waals surface area contributed by atoms with Gasteiger partial charge in [-0.25, -0.2) is 0 Å². The van der Waals surface area contributed by atoms with Crippen LogP contribution in [0.25, 0.3) is 0 Å². The van der Waals surface area contributed by atoms with E-state index in [1.807, 2.05) is 0 Å². The lowest BCUT2D eigenvalue weighted by molar-refractivity contribution is -0.108. The van der Waals surface area contributed by atoms with Crippen molar-refractivity contribution >= 4 is 6.29 Å². The van der Waals surface area contributed by atoms with E-state index >= 15 is 0 Å². The molecule has 1 nitrogen and oxygen atoms in total. The quantitative estimate of drug-likeness (QED) is 0.664. The highest BCUT2D eigenvalue weighted by atomic mass is 16.1. The monoisotopic (exact) mass is 258 g/mol. The Balaban J connectivity index is 1.87. The average molecular weight is 258 g/mol. The van der Waals surface area contributed by atoms with E-state index in [4.69, 9.17) is 0 Å². The normalized spacial score (nSPS) is 23.2. The van der Waals surface area contributed by atoms with Gasteiger partial charge in [0.25, 0.3) is 0 Å². The van der Waals surface area contributed by atoms with E-state index in [1.165, 1.54) is 56.1 Å². The van der Waals surface area contributed by atoms with Crippen molar-refractivity contribution in [2.75, 3.05) is 0 Å². The second-order valence-electron chi connectivity index (χ2n) is 5.97. The van der Waals surface area contributed by atoms with Gasteiger partial charge in [0.1, 0.15) is 6.29 Å². The number of unbranched alkanes of at least 4 members (excludes halogenated alkanes) is 1. The number of aryl methyl sites for hydroxylation is 1. The van der Waals surface area contributed by atoms with Crippen molar-refractivity contribution in [1.82, 2.24) is 0 Å². The number of carbonyl (C=O) groups excluding carboxylic acids is 1. The van der Waals surface area contributed by atoms with E-state index in [0.717, 1.165) is 18.6 Å². The highest BCUT2D eigenvalue weighted by Gasteiger charge is 2.21. The second kappa shape index (κ2) is 7.47. The van der Waals surface area contributed by atoms with Gasteiger partial charge >= 0.3 is 0 Å². The Labute approximate surface area is 117 Å². The van der Waals surface area contributed by atoms with Crippen LogP contribution in [-0.2, 0) is 11.2 Å². The van der Waals surface area contributed by atoms with Crippen LogP contribution in [0, 0.1) is 5.92 Å². The topological polar surface area (TPSA) is 17.1 Å². The van der Waals surface area contributed by atoms with Gasteiger partial charge in [-0.15, -0.1) is 0 Å². The molecule has 0 aliphatic heterocycles. The van der Waals surface area contributed by atoms with E-state index in [9.17, 15) is 4.79 Å². The van der Waals surface area contributed by atoms with Crippen LogP contribution >= 0.6 is 0 Å². The molecular weight excluding hydrogens is 232 g/mol. The zero-order valence-electron chi connectivity index (χ0n) is 12.1. The first-order valence-corrected chi connectivity index (χ1v) is 7.86. The van der Waals surface area contributed by atoms with Crippen molar-refractivity contribution in [3.63, 3.8) is 0 Å². The molecule has 104 valence electrons. The fourth-order valence-corrected chi connectivity index (χ4v) is 3.20. The summed E-state index contributed by atoms with van der Waals surface area (Å²) in [5.74, 6) is 1.38. The molecule has 19 heavy (non-hydrogen) atoms. The van der Waals surface area contributed by atoms with Crippen LogP contribution in [0.1, 0.15) is 68.9 Å². The molecular formula is C18H26O. The molecule has 1 aliphatic rings. The molecule has 0 amide bonds. The summed E-state index contributed by atoms with van der Waals surface area (Å²) < 4.78 is 0. The highest BCUT2D eigenvalue weighted by Crippen LogP contribution is 2.36. The SMILES string of the molecule is CCCCc1ccc([C@H]2CC[C@H](CC=O)CC2)cc1. The van der Waals surface area contributed by atoms with Crippen LogP contribution in [0.3, 0.4) is 0 Å². The van der Waals surface area contributed by atoms with E-state index in [2.05, 4.69) is 31.2 Å². The van der Waals surface area contributed by atoms with Crippen LogP contribution in [0.5, 0.6) is 0 Å². The lowest BCUT2D eigenvalue weighted by atomic mass is 9.77. The molecule has 1 aromatic carbocycles. The minimum atomic E-state index is 0.651. The Morgan fingerprint density at radius 3 is 2.37 bits per heavy atom. The van der Waals surface area contributed by atoms with E-state index in [1.54, 1.807) is 0 Å². The van der Waals surface area contributed by atoms with Crippen molar-refractivity contribution in [2.45, 2.75) is 64.2 Å². The Hall–Kier alpha value is -1.11. The molecule has 0 heterocycles. The molecule has 0 aromatic heterocycles. The second-order valence-corrected chi connectivity index (χ2v) is 5.97. The first-order valence-electron chi connectivity index (χ1n) is 7.86. The summed E-state index contributed by atoms with van der Waals surface area (Å²) in [6.45, 7) is 2.24. The number of aldehydes is 1. The summed E-state index contributed by atoms with van der Waals surface area (Å²) in [6.07, 6.45) is 10.6. The van der Waals surface area contributed by atoms with Gasteiger partial charge in [0, 0.05) is 6.42 Å². The van der Waals surface area contributed by atoms with Gasteiger partial charge in [-0.1, -0.05) is 37.6 Å². The van der Waals surface area contributed by atoms with Gasteiger partial charge in [-0.05, 0) is 61.5 Å². The largest absolute Gasteiger partial charge is 0.303 e. The molecule has 1 aliphatic carbocycles. The van der Waals surface area contributed by atoms with Gasteiger partial charge in [0.2, 0.25) is 0 Å². The minimum Gasteiger partial charge on any atom is -0.303 e. The zero-order chi connectivity index (χ0) is 13.5. The van der Waals surface area contributed by atoms with Crippen molar-refractivity contribution in [2.24, 2.45) is 5.92 Å². The third-order valence-corrected chi connectivity index (χ3v) is 4.55. The standard InChI is InChI=1S/C18H26O/c1-2-3-4-15-5-9-17(10-6-15)18-11-7-16(8-12-18)13-14-19/h5-6,9-10,14,16,18H,2-4,7-8,11-13H2,1H3/t16-,18-. The smallest absolute Gasteiger partial charge is 0.120 e. The Morgan fingerprint density at radius 2 is 1.79 bits per heavy atom. The Kier molecular flexibility index (Phi) is 5.62. The molecule has 0 N–H and O–H groups in total. The zero-order valence-corrected chi connectivity index (χ0v) is 12.1. The molecule has 1 fully saturated rings. The summed E-state index contributed by atoms with van der Waals surface area (Å²) in [4.78, 5) is 10.5. The lowest BCUT2D eigenvalue weighted by Crippen LogP contribution is -2.13. The maximum Gasteiger partial charge on any atom is 0.120 e. The maximum atomic E-state index is 10.5. The molecule has 0 atom stereocenters. The molecule has 0 bridgehead atoms. The summed E-state index contributed by atoms with van der Waals surface area (Å²) in [6, 6.07) is 9.27. The van der Waals surface area contributed by atoms with E-state index < -0.39 is 0 Å². The fraction of sp³-hybridized carbons (Fsp3) is 0.611. The van der Waals surface area contributed by atoms with E-state index in [-0.39, 0.29) is 0 Å². The van der Waals surface area contributed by atoms with Crippen molar-refractivity contribution in [1.29, 1.82) is 0 Å². The van der Waals surface area contributed by atoms with Gasteiger partial charge in [0.15, 0.2) is 0 Å². The fourth-order valence-electron chi connectivity index (χ4n) is 3.20. The van der Waals surface area contributed by atoms with Gasteiger partial charge in [-0.2, -0.15) is 0 Å². The summed E-state index contributed by atoms with van der Waals surface area (Å²) in [5, 5.41) is 0. The number of carbonyl (C=O) groups is 1. The number of hydrogen-bond donors (Lipinski definition) is 0. The number of rotatable bonds is 6. The molecule has 0 unspecified atom stereocenters. The maximum absolute atomic E-state index is 10.5. The van der Waals surface area contributed by atoms with Crippen LogP contribution in [-0.4, -0.2) is 6.29 Å². The summed E-state index contributed by atoms with van der Waals surface area (Å²) >= 11 is 0. The van der Waals surface area contributed by atoms with Crippen molar-refractivity contribution in [3.05, 3.63) is 35.4 Å². The number of hydrogen-bond acceptors (Lipinski definition) is 1. The molecule has 0 saturated heterocycles. The third-order valence-electron chi connectivity index (χ3n) is 4.55. The molecule has 0 spiro atoms. The van der Waals surface area contributed by atoms with Crippen LogP contribution in [0.2, 0.25) is 0 Å². The summed E-state index contributed by atoms with van der Waals surface area (Å²) in [7, 11) is 0. The minimum absolute atomic E-state index is 0.651.